The highest BCUT2D eigenvalue weighted by Crippen LogP contribution is 2.35. The predicted molar refractivity (Wildman–Crippen MR) is 150 cm³/mol. The largest absolute Gasteiger partial charge is 0.479 e. The van der Waals surface area contributed by atoms with Gasteiger partial charge in [-0.3, -0.25) is 14.9 Å². The van der Waals surface area contributed by atoms with Crippen LogP contribution in [0.2, 0.25) is 0 Å². The Kier molecular flexibility index (Phi) is 7.02. The lowest BCUT2D eigenvalue weighted by atomic mass is 10.2. The molecule has 0 aliphatic carbocycles. The molecule has 0 amide bonds. The molecule has 0 saturated heterocycles. The van der Waals surface area contributed by atoms with Gasteiger partial charge in [0, 0.05) is 26.0 Å². The highest BCUT2D eigenvalue weighted by molar-refractivity contribution is 9.10. The molecule has 0 radical (unpaired) electrons. The molecule has 3 aromatic carbocycles. The fourth-order valence-electron chi connectivity index (χ4n) is 3.82. The molecule has 0 saturated carbocycles. The number of para-hydroxylation sites is 1. The van der Waals surface area contributed by atoms with Gasteiger partial charge in [-0.25, -0.2) is 9.78 Å². The van der Waals surface area contributed by atoms with Crippen molar-refractivity contribution in [1.82, 2.24) is 9.66 Å². The van der Waals surface area contributed by atoms with Crippen molar-refractivity contribution in [2.75, 3.05) is 0 Å². The van der Waals surface area contributed by atoms with Crippen LogP contribution in [-0.2, 0) is 4.79 Å². The van der Waals surface area contributed by atoms with Gasteiger partial charge >= 0.3 is 11.7 Å². The summed E-state index contributed by atoms with van der Waals surface area (Å²) >= 11 is 6.65. The Morgan fingerprint density at radius 2 is 1.95 bits per heavy atom. The minimum atomic E-state index is -1.40. The summed E-state index contributed by atoms with van der Waals surface area (Å²) in [4.78, 5) is 40.6. The average molecular weight is 656 g/mol. The number of aliphatic carboxylic acids is 1. The van der Waals surface area contributed by atoms with E-state index in [9.17, 15) is 24.8 Å². The Morgan fingerprint density at radius 3 is 2.69 bits per heavy atom. The molecule has 0 unspecified atom stereocenters. The zero-order valence-electron chi connectivity index (χ0n) is 19.9. The van der Waals surface area contributed by atoms with E-state index < -0.39 is 28.2 Å². The average Bonchev–Trinajstić information content (AvgIpc) is 3.32. The molecular weight excluding hydrogens is 640 g/mol. The van der Waals surface area contributed by atoms with Crippen LogP contribution in [0.1, 0.15) is 12.5 Å². The molecular formula is C26H16Br2N4O7. The number of carboxylic acid groups (broad SMARTS) is 1. The molecule has 1 atom stereocenters. The number of nitrogens with zero attached hydrogens (tertiary/aromatic N) is 4. The minimum absolute atomic E-state index is 0.0590. The molecule has 13 heteroatoms. The third-order valence-corrected chi connectivity index (χ3v) is 6.62. The zero-order valence-corrected chi connectivity index (χ0v) is 23.0. The van der Waals surface area contributed by atoms with Crippen LogP contribution in [0.25, 0.3) is 33.5 Å². The number of carboxylic acids is 1. The molecule has 0 fully saturated rings. The topological polar surface area (TPSA) is 150 Å². The van der Waals surface area contributed by atoms with E-state index in [-0.39, 0.29) is 28.3 Å². The second-order valence-electron chi connectivity index (χ2n) is 8.31. The number of ether oxygens (including phenoxy) is 1. The lowest BCUT2D eigenvalue weighted by molar-refractivity contribution is -0.386. The van der Waals surface area contributed by atoms with Gasteiger partial charge in [0.05, 0.1) is 22.0 Å². The van der Waals surface area contributed by atoms with Crippen LogP contribution in [0.5, 0.6) is 5.75 Å². The van der Waals surface area contributed by atoms with Crippen LogP contribution in [0.15, 0.2) is 83.9 Å². The number of fused-ring (bicyclic) bond motifs is 2. The Morgan fingerprint density at radius 1 is 1.18 bits per heavy atom. The fourth-order valence-corrected chi connectivity index (χ4v) is 4.66. The number of rotatable bonds is 7. The Labute approximate surface area is 235 Å². The smallest absolute Gasteiger partial charge is 0.344 e. The van der Waals surface area contributed by atoms with E-state index in [1.165, 1.54) is 25.3 Å². The van der Waals surface area contributed by atoms with Crippen molar-refractivity contribution in [3.05, 3.63) is 95.6 Å². The van der Waals surface area contributed by atoms with Crippen LogP contribution in [-0.4, -0.2) is 38.0 Å². The van der Waals surface area contributed by atoms with Crippen molar-refractivity contribution < 1.29 is 24.0 Å². The summed E-state index contributed by atoms with van der Waals surface area (Å²) in [7, 11) is 0. The van der Waals surface area contributed by atoms with Gasteiger partial charge in [0.1, 0.15) is 5.58 Å². The Balaban J connectivity index is 1.73. The Hall–Kier alpha value is -4.36. The van der Waals surface area contributed by atoms with E-state index in [1.807, 2.05) is 12.1 Å². The number of halogens is 2. The van der Waals surface area contributed by atoms with Crippen LogP contribution < -0.4 is 10.3 Å². The monoisotopic (exact) mass is 654 g/mol. The first-order valence-electron chi connectivity index (χ1n) is 11.3. The van der Waals surface area contributed by atoms with Crippen molar-refractivity contribution in [2.45, 2.75) is 13.0 Å². The standard InChI is InChI=1S/C26H16Br2N4O7/c1-13(26(34)35)38-23-15(9-17(28)11-20(23)32(36)37)12-29-31-24(30-19-5-3-2-4-18(19)25(31)33)22-10-14-8-16(27)6-7-21(14)39-22/h2-13H,1H3,(H,34,35)/t13-/m0/s1. The molecule has 1 N–H and O–H groups in total. The minimum Gasteiger partial charge on any atom is -0.479 e. The van der Waals surface area contributed by atoms with Crippen molar-refractivity contribution in [3.8, 4) is 17.3 Å². The predicted octanol–water partition coefficient (Wildman–Crippen LogP) is 5.98. The van der Waals surface area contributed by atoms with Gasteiger partial charge in [-0.15, -0.1) is 0 Å². The van der Waals surface area contributed by atoms with Gasteiger partial charge in [0.2, 0.25) is 11.6 Å². The Bertz CT molecular complexity index is 1880. The number of nitro groups is 1. The number of hydrogen-bond acceptors (Lipinski definition) is 8. The second kappa shape index (κ2) is 10.4. The molecule has 5 rings (SSSR count). The van der Waals surface area contributed by atoms with Crippen LogP contribution in [0.4, 0.5) is 5.69 Å². The summed E-state index contributed by atoms with van der Waals surface area (Å²) < 4.78 is 13.6. The number of hydrogen-bond donors (Lipinski definition) is 1. The molecule has 0 bridgehead atoms. The van der Waals surface area contributed by atoms with Crippen LogP contribution in [0.3, 0.4) is 0 Å². The summed E-state index contributed by atoms with van der Waals surface area (Å²) in [6.07, 6.45) is -0.227. The van der Waals surface area contributed by atoms with E-state index >= 15 is 0 Å². The quantitative estimate of drug-likeness (QED) is 0.128. The molecule has 0 aliphatic heterocycles. The van der Waals surface area contributed by atoms with Gasteiger partial charge < -0.3 is 14.3 Å². The van der Waals surface area contributed by atoms with E-state index in [0.29, 0.717) is 15.6 Å². The van der Waals surface area contributed by atoms with Gasteiger partial charge in [-0.2, -0.15) is 9.78 Å². The maximum atomic E-state index is 13.5. The van der Waals surface area contributed by atoms with Gasteiger partial charge in [-0.1, -0.05) is 44.0 Å². The first-order chi connectivity index (χ1) is 18.6. The van der Waals surface area contributed by atoms with Crippen LogP contribution >= 0.6 is 31.9 Å². The van der Waals surface area contributed by atoms with E-state index in [2.05, 4.69) is 41.9 Å². The van der Waals surface area contributed by atoms with Crippen molar-refractivity contribution >= 4 is 71.6 Å². The van der Waals surface area contributed by atoms with Crippen molar-refractivity contribution in [3.63, 3.8) is 0 Å². The molecule has 196 valence electrons. The second-order valence-corrected chi connectivity index (χ2v) is 10.1. The van der Waals surface area contributed by atoms with Crippen molar-refractivity contribution in [1.29, 1.82) is 0 Å². The highest BCUT2D eigenvalue weighted by Gasteiger charge is 2.25. The molecule has 39 heavy (non-hydrogen) atoms. The van der Waals surface area contributed by atoms with Gasteiger partial charge in [0.25, 0.3) is 5.56 Å². The first kappa shape index (κ1) is 26.3. The first-order valence-corrected chi connectivity index (χ1v) is 12.8. The summed E-state index contributed by atoms with van der Waals surface area (Å²) in [5, 5.41) is 26.4. The number of carbonyl (C=O) groups is 1. The number of benzene rings is 3. The van der Waals surface area contributed by atoms with E-state index in [0.717, 1.165) is 14.5 Å². The maximum absolute atomic E-state index is 13.5. The normalized spacial score (nSPS) is 12.3. The van der Waals surface area contributed by atoms with Gasteiger partial charge in [-0.05, 0) is 49.4 Å². The molecule has 0 spiro atoms. The van der Waals surface area contributed by atoms with Crippen molar-refractivity contribution in [2.24, 2.45) is 5.10 Å². The third-order valence-electron chi connectivity index (χ3n) is 5.67. The summed E-state index contributed by atoms with van der Waals surface area (Å²) in [6.45, 7) is 1.24. The number of nitro benzene ring substituents is 1. The van der Waals surface area contributed by atoms with E-state index in [4.69, 9.17) is 9.15 Å². The maximum Gasteiger partial charge on any atom is 0.344 e. The third kappa shape index (κ3) is 5.18. The summed E-state index contributed by atoms with van der Waals surface area (Å²) in [6, 6.07) is 16.5. The summed E-state index contributed by atoms with van der Waals surface area (Å²) in [5.74, 6) is -1.28. The SMILES string of the molecule is C[C@H](Oc1c(C=Nn2c(-c3cc4cc(Br)ccc4o3)nc3ccccc3c2=O)cc(Br)cc1[N+](=O)[O-])C(=O)O. The zero-order chi connectivity index (χ0) is 27.8. The summed E-state index contributed by atoms with van der Waals surface area (Å²) in [5.41, 5.74) is 0.0455. The highest BCUT2D eigenvalue weighted by atomic mass is 79.9. The van der Waals surface area contributed by atoms with Crippen LogP contribution in [0, 0.1) is 10.1 Å². The molecule has 11 nitrogen and oxygen atoms in total. The fraction of sp³-hybridized carbons (Fsp3) is 0.0769. The lowest BCUT2D eigenvalue weighted by Gasteiger charge is -2.13. The number of aromatic nitrogens is 2. The van der Waals surface area contributed by atoms with E-state index in [1.54, 1.807) is 36.4 Å². The molecule has 2 aromatic heterocycles. The molecule has 5 aromatic rings. The van der Waals surface area contributed by atoms with Gasteiger partial charge in [0.15, 0.2) is 11.9 Å². The lowest BCUT2D eigenvalue weighted by Crippen LogP contribution is -2.24. The number of furan rings is 1. The molecule has 0 aliphatic rings. The molecule has 2 heterocycles.